The van der Waals surface area contributed by atoms with Gasteiger partial charge in [0.1, 0.15) is 22.6 Å². The quantitative estimate of drug-likeness (QED) is 0.585. The molecule has 6 nitrogen and oxygen atoms in total. The van der Waals surface area contributed by atoms with E-state index in [1.807, 2.05) is 6.07 Å². The van der Waals surface area contributed by atoms with Gasteiger partial charge in [0.05, 0.1) is 17.4 Å². The van der Waals surface area contributed by atoms with Crippen LogP contribution in [0.25, 0.3) is 0 Å². The molecule has 0 unspecified atom stereocenters. The van der Waals surface area contributed by atoms with Gasteiger partial charge in [-0.3, -0.25) is 4.79 Å². The third-order valence-electron chi connectivity index (χ3n) is 7.69. The maximum absolute atomic E-state index is 15.6. The average molecular weight is 518 g/mol. The maximum atomic E-state index is 15.6. The zero-order chi connectivity index (χ0) is 25.9. The fourth-order valence-corrected chi connectivity index (χ4v) is 8.20. The van der Waals surface area contributed by atoms with E-state index in [1.54, 1.807) is 44.2 Å². The molecule has 2 aromatic rings. The van der Waals surface area contributed by atoms with Gasteiger partial charge >= 0.3 is 5.97 Å². The number of rotatable bonds is 5. The minimum atomic E-state index is -3.82. The molecule has 3 aliphatic rings. The predicted octanol–water partition coefficient (Wildman–Crippen LogP) is 4.63. The lowest BCUT2D eigenvalue weighted by Crippen LogP contribution is -2.54. The molecular weight excluding hydrogens is 488 g/mol. The summed E-state index contributed by atoms with van der Waals surface area (Å²) >= 11 is 0. The summed E-state index contributed by atoms with van der Waals surface area (Å²) in [5, 5.41) is 9.67. The molecule has 1 saturated carbocycles. The molecule has 1 N–H and O–H groups in total. The highest BCUT2D eigenvalue weighted by Gasteiger charge is 2.57. The molecule has 9 heteroatoms. The Bertz CT molecular complexity index is 1330. The van der Waals surface area contributed by atoms with E-state index in [9.17, 15) is 18.3 Å². The fraction of sp³-hybridized carbons (Fsp3) is 0.444. The first-order valence-corrected chi connectivity index (χ1v) is 13.6. The third-order valence-corrected chi connectivity index (χ3v) is 10.1. The molecule has 192 valence electrons. The van der Waals surface area contributed by atoms with E-state index >= 15 is 8.78 Å². The number of benzene rings is 2. The molecule has 36 heavy (non-hydrogen) atoms. The number of aliphatic hydroxyl groups is 1. The summed E-state index contributed by atoms with van der Waals surface area (Å²) in [6, 6.07) is 10.6. The number of hydrogen-bond acceptors (Lipinski definition) is 5. The minimum Gasteiger partial charge on any atom is -0.430 e. The molecule has 2 atom stereocenters. The van der Waals surface area contributed by atoms with Crippen molar-refractivity contribution in [2.24, 2.45) is 0 Å². The highest BCUT2D eigenvalue weighted by Crippen LogP contribution is 2.56. The first kappa shape index (κ1) is 25.0. The lowest BCUT2D eigenvalue weighted by molar-refractivity contribution is -0.141. The Hall–Kier alpha value is -2.62. The monoisotopic (exact) mass is 517 g/mol. The molecular formula is C27H29F2NO5S. The van der Waals surface area contributed by atoms with Gasteiger partial charge in [0.2, 0.25) is 10.0 Å². The molecule has 5 rings (SSSR count). The normalized spacial score (nSPS) is 32.0. The number of cyclic esters (lactones) is 1. The van der Waals surface area contributed by atoms with Crippen molar-refractivity contribution in [2.75, 3.05) is 0 Å². The van der Waals surface area contributed by atoms with Crippen molar-refractivity contribution in [1.29, 1.82) is 0 Å². The first-order chi connectivity index (χ1) is 16.9. The lowest BCUT2D eigenvalue weighted by atomic mass is 9.55. The Morgan fingerprint density at radius 2 is 1.81 bits per heavy atom. The lowest BCUT2D eigenvalue weighted by Gasteiger charge is -2.52. The second-order valence-corrected chi connectivity index (χ2v) is 12.6. The van der Waals surface area contributed by atoms with Gasteiger partial charge in [-0.05, 0) is 63.3 Å². The van der Waals surface area contributed by atoms with E-state index in [1.165, 1.54) is 4.31 Å². The molecule has 0 amide bonds. The zero-order valence-electron chi connectivity index (χ0n) is 20.2. The third kappa shape index (κ3) is 4.17. The summed E-state index contributed by atoms with van der Waals surface area (Å²) < 4.78 is 64.6. The molecule has 2 aliphatic heterocycles. The number of nitrogens with zero attached hydrogens (tertiary/aromatic N) is 1. The van der Waals surface area contributed by atoms with Crippen molar-refractivity contribution in [3.8, 4) is 0 Å². The van der Waals surface area contributed by atoms with Gasteiger partial charge in [0, 0.05) is 23.7 Å². The Morgan fingerprint density at radius 3 is 2.42 bits per heavy atom. The number of allylic oxidation sites excluding steroid dienone is 1. The highest BCUT2D eigenvalue weighted by atomic mass is 32.2. The van der Waals surface area contributed by atoms with E-state index in [2.05, 4.69) is 0 Å². The minimum absolute atomic E-state index is 0.00654. The van der Waals surface area contributed by atoms with E-state index in [0.29, 0.717) is 18.4 Å². The number of sulfonamides is 1. The molecule has 0 radical (unpaired) electrons. The zero-order valence-corrected chi connectivity index (χ0v) is 21.0. The van der Waals surface area contributed by atoms with Crippen LogP contribution in [0.1, 0.15) is 67.9 Å². The van der Waals surface area contributed by atoms with Crippen molar-refractivity contribution in [3.05, 3.63) is 82.6 Å². The van der Waals surface area contributed by atoms with Crippen molar-refractivity contribution in [2.45, 2.75) is 74.8 Å². The SMILES string of the molecule is C[C@H]1CC[C@H](c2ccccc2)S(=O)(=O)N1Cc1cc(F)c(C2(C3=CCC(=O)O3)CC(C)(O)C2)cc1F. The molecule has 0 aromatic heterocycles. The molecule has 2 heterocycles. The van der Waals surface area contributed by atoms with Crippen molar-refractivity contribution < 1.29 is 31.8 Å². The van der Waals surface area contributed by atoms with Crippen LogP contribution in [0.4, 0.5) is 8.78 Å². The van der Waals surface area contributed by atoms with Crippen LogP contribution in [0.3, 0.4) is 0 Å². The Kier molecular flexibility index (Phi) is 6.08. The van der Waals surface area contributed by atoms with Gasteiger partial charge in [-0.25, -0.2) is 17.2 Å². The number of carbonyl (C=O) groups is 1. The van der Waals surface area contributed by atoms with Crippen LogP contribution in [0, 0.1) is 11.6 Å². The molecule has 0 bridgehead atoms. The predicted molar refractivity (Wildman–Crippen MR) is 129 cm³/mol. The fourth-order valence-electron chi connectivity index (χ4n) is 6.02. The van der Waals surface area contributed by atoms with Crippen LogP contribution in [0.2, 0.25) is 0 Å². The Balaban J connectivity index is 1.47. The summed E-state index contributed by atoms with van der Waals surface area (Å²) in [6.07, 6.45) is 2.79. The second kappa shape index (κ2) is 8.75. The van der Waals surface area contributed by atoms with Gasteiger partial charge in [-0.2, -0.15) is 4.31 Å². The van der Waals surface area contributed by atoms with Gasteiger partial charge in [0.15, 0.2) is 0 Å². The summed E-state index contributed by atoms with van der Waals surface area (Å²) in [6.45, 7) is 3.07. The number of esters is 1. The van der Waals surface area contributed by atoms with Crippen molar-refractivity contribution in [1.82, 2.24) is 4.31 Å². The smallest absolute Gasteiger partial charge is 0.314 e. The van der Waals surface area contributed by atoms with E-state index in [-0.39, 0.29) is 48.7 Å². The molecule has 2 fully saturated rings. The van der Waals surface area contributed by atoms with Gasteiger partial charge in [0.25, 0.3) is 0 Å². The van der Waals surface area contributed by atoms with Gasteiger partial charge in [-0.15, -0.1) is 0 Å². The molecule has 1 saturated heterocycles. The topological polar surface area (TPSA) is 83.9 Å². The standard InChI is InChI=1S/C27H29F2NO5S/c1-17-8-9-23(18-6-4-3-5-7-18)36(33,34)30(17)14-19-12-22(29)20(13-21(19)28)27(15-26(2,32)16-27)24-10-11-25(31)35-24/h3-7,10,12-13,17,23,32H,8-9,11,14-16H2,1-2H3/t17-,23+,26?,27?/m0/s1. The second-order valence-electron chi connectivity index (χ2n) is 10.5. The number of ether oxygens (including phenoxy) is 1. The summed E-state index contributed by atoms with van der Waals surface area (Å²) in [5.41, 5.74) is -1.66. The molecule has 1 aliphatic carbocycles. The van der Waals surface area contributed by atoms with Crippen LogP contribution in [-0.4, -0.2) is 35.4 Å². The van der Waals surface area contributed by atoms with Crippen molar-refractivity contribution in [3.63, 3.8) is 0 Å². The van der Waals surface area contributed by atoms with E-state index in [0.717, 1.165) is 12.1 Å². The highest BCUT2D eigenvalue weighted by molar-refractivity contribution is 7.89. The summed E-state index contributed by atoms with van der Waals surface area (Å²) in [7, 11) is -3.82. The number of halogens is 2. The number of hydrogen-bond donors (Lipinski definition) is 1. The molecule has 0 spiro atoms. The molecule has 2 aromatic carbocycles. The van der Waals surface area contributed by atoms with Crippen LogP contribution in [-0.2, 0) is 31.5 Å². The number of carbonyl (C=O) groups excluding carboxylic acids is 1. The van der Waals surface area contributed by atoms with E-state index in [4.69, 9.17) is 4.74 Å². The Labute approximate surface area is 209 Å². The van der Waals surface area contributed by atoms with Crippen LogP contribution in [0.5, 0.6) is 0 Å². The first-order valence-electron chi connectivity index (χ1n) is 12.1. The van der Waals surface area contributed by atoms with Crippen LogP contribution >= 0.6 is 0 Å². The maximum Gasteiger partial charge on any atom is 0.314 e. The Morgan fingerprint density at radius 1 is 1.11 bits per heavy atom. The average Bonchev–Trinajstić information content (AvgIpc) is 3.23. The van der Waals surface area contributed by atoms with Gasteiger partial charge in [-0.1, -0.05) is 30.3 Å². The van der Waals surface area contributed by atoms with E-state index < -0.39 is 43.9 Å². The summed E-state index contributed by atoms with van der Waals surface area (Å²) in [5.74, 6) is -1.73. The largest absolute Gasteiger partial charge is 0.430 e. The van der Waals surface area contributed by atoms with Crippen LogP contribution < -0.4 is 0 Å². The van der Waals surface area contributed by atoms with Gasteiger partial charge < -0.3 is 9.84 Å². The van der Waals surface area contributed by atoms with Crippen molar-refractivity contribution >= 4 is 16.0 Å². The summed E-state index contributed by atoms with van der Waals surface area (Å²) in [4.78, 5) is 11.7. The van der Waals surface area contributed by atoms with Crippen LogP contribution in [0.15, 0.2) is 54.3 Å².